The molecule has 3 aliphatic heterocycles. The van der Waals surface area contributed by atoms with Crippen molar-refractivity contribution in [2.24, 2.45) is 0 Å². The molecule has 212 valence electrons. The van der Waals surface area contributed by atoms with Gasteiger partial charge in [-0.3, -0.25) is 4.90 Å². The molecule has 7 rings (SSSR count). The topological polar surface area (TPSA) is 69.0 Å². The highest BCUT2D eigenvalue weighted by Crippen LogP contribution is 2.41. The Hall–Kier alpha value is -2.91. The van der Waals surface area contributed by atoms with Crippen LogP contribution in [0.25, 0.3) is 32.8 Å². The fourth-order valence-electron chi connectivity index (χ4n) is 6.94. The van der Waals surface area contributed by atoms with Gasteiger partial charge in [-0.15, -0.1) is 0 Å². The molecule has 0 unspecified atom stereocenters. The first kappa shape index (κ1) is 26.0. The van der Waals surface area contributed by atoms with E-state index in [4.69, 9.17) is 9.72 Å². The van der Waals surface area contributed by atoms with E-state index in [9.17, 15) is 5.11 Å². The van der Waals surface area contributed by atoms with Crippen LogP contribution in [-0.4, -0.2) is 103 Å². The first-order valence-corrected chi connectivity index (χ1v) is 15.3. The van der Waals surface area contributed by atoms with Crippen molar-refractivity contribution in [3.05, 3.63) is 42.5 Å². The van der Waals surface area contributed by atoms with E-state index in [1.807, 2.05) is 0 Å². The molecule has 0 radical (unpaired) electrons. The van der Waals surface area contributed by atoms with Crippen LogP contribution in [-0.2, 0) is 11.3 Å². The van der Waals surface area contributed by atoms with Crippen LogP contribution in [0.4, 0.5) is 11.4 Å². The third kappa shape index (κ3) is 5.14. The van der Waals surface area contributed by atoms with Gasteiger partial charge in [0.25, 0.3) is 0 Å². The van der Waals surface area contributed by atoms with Gasteiger partial charge in [0.05, 0.1) is 47.1 Å². The highest BCUT2D eigenvalue weighted by Gasteiger charge is 2.25. The van der Waals surface area contributed by atoms with Crippen molar-refractivity contribution in [2.45, 2.75) is 38.3 Å². The molecule has 8 nitrogen and oxygen atoms in total. The van der Waals surface area contributed by atoms with E-state index in [-0.39, 0.29) is 6.10 Å². The molecule has 5 heterocycles. The number of fused-ring (bicyclic) bond motifs is 5. The van der Waals surface area contributed by atoms with Gasteiger partial charge in [-0.1, -0.05) is 18.2 Å². The quantitative estimate of drug-likeness (QED) is 0.347. The number of piperidine rings is 1. The fourth-order valence-corrected chi connectivity index (χ4v) is 6.94. The van der Waals surface area contributed by atoms with Crippen LogP contribution in [0.2, 0.25) is 0 Å². The van der Waals surface area contributed by atoms with E-state index >= 15 is 0 Å². The lowest BCUT2D eigenvalue weighted by atomic mass is 10.1. The van der Waals surface area contributed by atoms with Crippen molar-refractivity contribution in [2.75, 3.05) is 82.3 Å². The zero-order chi connectivity index (χ0) is 26.9. The van der Waals surface area contributed by atoms with Gasteiger partial charge in [0, 0.05) is 81.9 Å². The number of rotatable bonds is 8. The molecule has 2 aromatic heterocycles. The number of ether oxygens (including phenoxy) is 1. The number of nitrogens with zero attached hydrogens (tertiary/aromatic N) is 5. The number of anilines is 2. The van der Waals surface area contributed by atoms with E-state index in [0.717, 1.165) is 121 Å². The van der Waals surface area contributed by atoms with Crippen molar-refractivity contribution in [3.8, 4) is 0 Å². The highest BCUT2D eigenvalue weighted by molar-refractivity contribution is 6.17. The molecule has 0 aliphatic carbocycles. The minimum Gasteiger partial charge on any atom is -0.393 e. The maximum absolute atomic E-state index is 9.80. The molecule has 0 saturated carbocycles. The Bertz CT molecular complexity index is 1470. The molecule has 2 saturated heterocycles. The second-order valence-corrected chi connectivity index (χ2v) is 11.7. The minimum absolute atomic E-state index is 0.122. The molecular weight excluding hydrogens is 500 g/mol. The van der Waals surface area contributed by atoms with Crippen molar-refractivity contribution >= 4 is 44.2 Å². The van der Waals surface area contributed by atoms with Gasteiger partial charge in [-0.25, -0.2) is 4.98 Å². The summed E-state index contributed by atoms with van der Waals surface area (Å²) in [4.78, 5) is 13.0. The molecule has 8 heteroatoms. The summed E-state index contributed by atoms with van der Waals surface area (Å²) in [5.41, 5.74) is 7.26. The Morgan fingerprint density at radius 3 is 2.58 bits per heavy atom. The Labute approximate surface area is 236 Å². The highest BCUT2D eigenvalue weighted by atomic mass is 16.5. The Morgan fingerprint density at radius 2 is 1.70 bits per heavy atom. The summed E-state index contributed by atoms with van der Waals surface area (Å²) in [6.45, 7) is 11.9. The number of aryl methyl sites for hydroxylation is 1. The number of morpholine rings is 1. The van der Waals surface area contributed by atoms with Crippen molar-refractivity contribution in [1.29, 1.82) is 0 Å². The molecule has 3 aliphatic rings. The number of hydrogen-bond donors (Lipinski definition) is 2. The minimum atomic E-state index is -0.122. The van der Waals surface area contributed by atoms with E-state index < -0.39 is 0 Å². The van der Waals surface area contributed by atoms with Gasteiger partial charge in [-0.05, 0) is 49.9 Å². The number of nitrogens with one attached hydrogen (secondary N) is 1. The maximum atomic E-state index is 9.80. The van der Waals surface area contributed by atoms with Crippen LogP contribution in [0.5, 0.6) is 0 Å². The Morgan fingerprint density at radius 1 is 0.875 bits per heavy atom. The molecule has 2 aromatic carbocycles. The molecule has 0 atom stereocenters. The fraction of sp³-hybridized carbons (Fsp3) is 0.531. The zero-order valence-corrected chi connectivity index (χ0v) is 23.5. The monoisotopic (exact) mass is 542 g/mol. The van der Waals surface area contributed by atoms with Crippen molar-refractivity contribution in [1.82, 2.24) is 19.4 Å². The lowest BCUT2D eigenvalue weighted by Gasteiger charge is -2.29. The number of aromatic nitrogens is 2. The summed E-state index contributed by atoms with van der Waals surface area (Å²) in [7, 11) is 0. The first-order chi connectivity index (χ1) is 19.7. The molecule has 2 N–H and O–H groups in total. The predicted molar refractivity (Wildman–Crippen MR) is 164 cm³/mol. The predicted octanol–water partition coefficient (Wildman–Crippen LogP) is 4.14. The smallest absolute Gasteiger partial charge is 0.0988 e. The van der Waals surface area contributed by atoms with Gasteiger partial charge < -0.3 is 29.5 Å². The van der Waals surface area contributed by atoms with Gasteiger partial charge in [0.15, 0.2) is 0 Å². The normalized spacial score (nSPS) is 19.6. The van der Waals surface area contributed by atoms with Gasteiger partial charge in [0.2, 0.25) is 0 Å². The van der Waals surface area contributed by atoms with Crippen LogP contribution in [0.3, 0.4) is 0 Å². The average molecular weight is 543 g/mol. The number of hydrogen-bond acceptors (Lipinski definition) is 7. The Balaban J connectivity index is 1.20. The summed E-state index contributed by atoms with van der Waals surface area (Å²) in [6.07, 6.45) is 3.93. The molecule has 0 bridgehead atoms. The van der Waals surface area contributed by atoms with Crippen molar-refractivity contribution in [3.63, 3.8) is 0 Å². The second kappa shape index (κ2) is 11.5. The first-order valence-electron chi connectivity index (χ1n) is 15.3. The van der Waals surface area contributed by atoms with E-state index in [0.29, 0.717) is 0 Å². The van der Waals surface area contributed by atoms with Crippen LogP contribution >= 0.6 is 0 Å². The van der Waals surface area contributed by atoms with Gasteiger partial charge >= 0.3 is 0 Å². The standard InChI is InChI=1S/C32H42N6O2/c39-25-9-16-36(17-10-25)18-11-33-24-7-8-26-28(23-24)34-30-27-5-1-2-6-29(27)38-15-4-14-37(31(26)32(30)38)13-3-12-35-19-21-40-22-20-35/h1-2,5-8,23,25,33,39H,3-4,9-22H2. The number of benzene rings is 2. The van der Waals surface area contributed by atoms with Crippen LogP contribution < -0.4 is 10.2 Å². The summed E-state index contributed by atoms with van der Waals surface area (Å²) in [6, 6.07) is 15.6. The van der Waals surface area contributed by atoms with Gasteiger partial charge in [-0.2, -0.15) is 0 Å². The van der Waals surface area contributed by atoms with Crippen molar-refractivity contribution < 1.29 is 9.84 Å². The van der Waals surface area contributed by atoms with E-state index in [2.05, 4.69) is 67.0 Å². The summed E-state index contributed by atoms with van der Waals surface area (Å²) in [5, 5.41) is 16.0. The average Bonchev–Trinajstić information content (AvgIpc) is 3.16. The summed E-state index contributed by atoms with van der Waals surface area (Å²) in [5.74, 6) is 0. The number of pyridine rings is 1. The van der Waals surface area contributed by atoms with Gasteiger partial charge in [0.1, 0.15) is 0 Å². The number of likely N-dealkylation sites (tertiary alicyclic amines) is 1. The molecule has 2 fully saturated rings. The third-order valence-electron chi connectivity index (χ3n) is 9.10. The lowest BCUT2D eigenvalue weighted by Crippen LogP contribution is -2.38. The zero-order valence-electron chi connectivity index (χ0n) is 23.5. The number of para-hydroxylation sites is 1. The van der Waals surface area contributed by atoms with Crippen LogP contribution in [0, 0.1) is 0 Å². The summed E-state index contributed by atoms with van der Waals surface area (Å²) < 4.78 is 8.08. The summed E-state index contributed by atoms with van der Waals surface area (Å²) >= 11 is 0. The lowest BCUT2D eigenvalue weighted by molar-refractivity contribution is 0.0376. The van der Waals surface area contributed by atoms with E-state index in [1.54, 1.807) is 0 Å². The molecule has 4 aromatic rings. The molecule has 0 amide bonds. The molecular formula is C32H42N6O2. The number of aliphatic hydroxyl groups excluding tert-OH is 1. The van der Waals surface area contributed by atoms with E-state index in [1.165, 1.54) is 27.5 Å². The number of aliphatic hydroxyl groups is 1. The maximum Gasteiger partial charge on any atom is 0.0988 e. The Kier molecular flexibility index (Phi) is 7.50. The van der Waals surface area contributed by atoms with Crippen LogP contribution in [0.15, 0.2) is 42.5 Å². The second-order valence-electron chi connectivity index (χ2n) is 11.7. The largest absolute Gasteiger partial charge is 0.393 e. The third-order valence-corrected chi connectivity index (χ3v) is 9.10. The molecule has 0 spiro atoms. The van der Waals surface area contributed by atoms with Crippen LogP contribution in [0.1, 0.15) is 25.7 Å². The SMILES string of the molecule is OC1CCN(CCNc2ccc3c4c5c(nc3c2)c2ccccc2n5CCCN4CCCN2CCOCC2)CC1. The molecule has 40 heavy (non-hydrogen) atoms.